The van der Waals surface area contributed by atoms with Gasteiger partial charge in [0.1, 0.15) is 17.3 Å². The Bertz CT molecular complexity index is 3950. The van der Waals surface area contributed by atoms with E-state index >= 15 is 0 Å². The summed E-state index contributed by atoms with van der Waals surface area (Å²) in [6, 6.07) is 46.1. The number of rotatable bonds is 21. The van der Waals surface area contributed by atoms with Crippen molar-refractivity contribution in [2.75, 3.05) is 9.80 Å². The SMILES string of the molecule is C=CC1=C(/C=C/c2ccc(/C(C=C)=C/C=C/N(/C(C=C)=C/C=C/C(C=C)=C/C=C/C3/C=C/C4=C(CCC=C4)O/C=C/C3)c3ccc(-c4ccc(N(c5ccc(-c6ccccc6)cc5)C5C=CC(C6C=CC=CC6)=CC5)cc4)cc3)cc2)C2CC=CC=C2O1. The number of fused-ring (bicyclic) bond motifs is 1. The highest BCUT2D eigenvalue weighted by atomic mass is 16.5. The van der Waals surface area contributed by atoms with Gasteiger partial charge in [0.05, 0.1) is 12.3 Å². The van der Waals surface area contributed by atoms with Crippen molar-refractivity contribution in [2.24, 2.45) is 17.8 Å². The van der Waals surface area contributed by atoms with E-state index in [0.29, 0.717) is 5.92 Å². The molecule has 0 N–H and O–H groups in total. The molecule has 4 aliphatic carbocycles. The highest BCUT2D eigenvalue weighted by Gasteiger charge is 2.30. The van der Waals surface area contributed by atoms with Gasteiger partial charge in [0, 0.05) is 58.4 Å². The smallest absolute Gasteiger partial charge is 0.130 e. The first-order valence-electron chi connectivity index (χ1n) is 30.7. The zero-order valence-corrected chi connectivity index (χ0v) is 50.1. The van der Waals surface area contributed by atoms with Gasteiger partial charge in [0.15, 0.2) is 0 Å². The van der Waals surface area contributed by atoms with Crippen molar-refractivity contribution in [1.82, 2.24) is 0 Å². The topological polar surface area (TPSA) is 24.9 Å². The van der Waals surface area contributed by atoms with Gasteiger partial charge in [0.25, 0.3) is 0 Å². The van der Waals surface area contributed by atoms with Crippen LogP contribution in [0, 0.1) is 17.8 Å². The highest BCUT2D eigenvalue weighted by Crippen LogP contribution is 2.41. The van der Waals surface area contributed by atoms with E-state index in [1.54, 1.807) is 6.08 Å². The van der Waals surface area contributed by atoms with Crippen LogP contribution in [0.3, 0.4) is 0 Å². The van der Waals surface area contributed by atoms with E-state index in [9.17, 15) is 0 Å². The number of ether oxygens (including phenoxy) is 2. The van der Waals surface area contributed by atoms with Crippen molar-refractivity contribution >= 4 is 28.7 Å². The molecule has 434 valence electrons. The Morgan fingerprint density at radius 3 is 2.00 bits per heavy atom. The fraction of sp³-hybridized carbons (Fsp3) is 0.119. The first kappa shape index (κ1) is 59.3. The molecule has 88 heavy (non-hydrogen) atoms. The summed E-state index contributed by atoms with van der Waals surface area (Å²) < 4.78 is 12.1. The van der Waals surface area contributed by atoms with E-state index in [-0.39, 0.29) is 17.9 Å². The normalized spacial score (nSPS) is 20.8. The van der Waals surface area contributed by atoms with Crippen molar-refractivity contribution in [2.45, 2.75) is 44.6 Å². The van der Waals surface area contributed by atoms with Gasteiger partial charge in [-0.2, -0.15) is 0 Å². The molecular weight excluding hydrogens is 1070 g/mol. The van der Waals surface area contributed by atoms with Crippen LogP contribution < -0.4 is 9.80 Å². The number of allylic oxidation sites excluding steroid dienone is 32. The van der Waals surface area contributed by atoms with Crippen LogP contribution in [-0.4, -0.2) is 6.04 Å². The van der Waals surface area contributed by atoms with E-state index < -0.39 is 0 Å². The molecule has 2 heterocycles. The predicted molar refractivity (Wildman–Crippen MR) is 375 cm³/mol. The molecule has 0 saturated heterocycles. The molecule has 2 aliphatic heterocycles. The van der Waals surface area contributed by atoms with Crippen molar-refractivity contribution < 1.29 is 9.47 Å². The van der Waals surface area contributed by atoms with Crippen LogP contribution in [0.5, 0.6) is 0 Å². The molecule has 6 aliphatic rings. The molecule has 4 nitrogen and oxygen atoms in total. The third-order valence-corrected chi connectivity index (χ3v) is 16.7. The molecule has 0 aromatic heterocycles. The molecule has 0 saturated carbocycles. The lowest BCUT2D eigenvalue weighted by Gasteiger charge is -2.34. The second-order valence-electron chi connectivity index (χ2n) is 22.3. The van der Waals surface area contributed by atoms with Gasteiger partial charge in [0.2, 0.25) is 0 Å². The van der Waals surface area contributed by atoms with E-state index in [1.807, 2.05) is 24.5 Å². The van der Waals surface area contributed by atoms with Crippen molar-refractivity contribution in [1.29, 1.82) is 0 Å². The summed E-state index contributed by atoms with van der Waals surface area (Å²) >= 11 is 0. The highest BCUT2D eigenvalue weighted by molar-refractivity contribution is 5.77. The number of hydrogen-bond acceptors (Lipinski definition) is 4. The van der Waals surface area contributed by atoms with E-state index in [1.165, 1.54) is 16.7 Å². The molecule has 0 fully saturated rings. The average molecular weight is 1150 g/mol. The summed E-state index contributed by atoms with van der Waals surface area (Å²) in [6.45, 7) is 16.7. The van der Waals surface area contributed by atoms with Crippen molar-refractivity contribution in [3.8, 4) is 22.3 Å². The quantitative estimate of drug-likeness (QED) is 0.0684. The Balaban J connectivity index is 0.848. The zero-order valence-electron chi connectivity index (χ0n) is 50.1. The second kappa shape index (κ2) is 29.6. The maximum absolute atomic E-state index is 6.11. The van der Waals surface area contributed by atoms with Crippen LogP contribution in [0.2, 0.25) is 0 Å². The van der Waals surface area contributed by atoms with E-state index in [0.717, 1.165) is 123 Å². The monoisotopic (exact) mass is 1140 g/mol. The minimum absolute atomic E-state index is 0.156. The standard InChI is InChI=1S/C84H76N2O2/c1-5-63(23-19-25-64-26-22-62-87-83-35-17-15-31-74(83)43-39-64)24-20-33-75(7-3)85(61-21-32-66(6-2)69-41-37-65(38-42-69)40-60-81-80-34-16-18-36-84(80)88-82(81)8-4)76-52-44-72(45-53-76)73-50-58-79(59-51-73)86(77-54-46-70(47-55-77)67-27-11-9-12-28-67)78-56-48-71(49-57-78)68-29-13-10-14-30-68/h5-16,18-25,27-29,31-33,36-56,58-62,64,68,78,80H,1-4,17,26,30,34-35,57H2/b24-20+,25-19+,43-39+,60-40+,61-21+,62-22+,63-23+,66-32+,75-33+. The minimum atomic E-state index is 0.156. The van der Waals surface area contributed by atoms with Crippen LogP contribution in [0.1, 0.15) is 49.7 Å². The Kier molecular flexibility index (Phi) is 19.9. The van der Waals surface area contributed by atoms with Gasteiger partial charge in [-0.25, -0.2) is 0 Å². The molecule has 0 spiro atoms. The van der Waals surface area contributed by atoms with Crippen LogP contribution >= 0.6 is 0 Å². The van der Waals surface area contributed by atoms with Crippen LogP contribution in [0.15, 0.2) is 382 Å². The Labute approximate surface area is 522 Å². The molecule has 11 rings (SSSR count). The maximum atomic E-state index is 6.11. The Morgan fingerprint density at radius 1 is 0.580 bits per heavy atom. The maximum Gasteiger partial charge on any atom is 0.130 e. The molecular formula is C84H76N2O2. The Morgan fingerprint density at radius 2 is 1.32 bits per heavy atom. The third-order valence-electron chi connectivity index (χ3n) is 16.7. The lowest BCUT2D eigenvalue weighted by molar-refractivity contribution is 0.316. The molecule has 0 radical (unpaired) electrons. The second-order valence-corrected chi connectivity index (χ2v) is 22.3. The average Bonchev–Trinajstić information content (AvgIpc) is 4.06. The van der Waals surface area contributed by atoms with E-state index in [4.69, 9.17) is 9.47 Å². The van der Waals surface area contributed by atoms with Crippen LogP contribution in [0.25, 0.3) is 33.9 Å². The molecule has 0 bridgehead atoms. The molecule has 4 unspecified atom stereocenters. The lowest BCUT2D eigenvalue weighted by atomic mass is 9.87. The van der Waals surface area contributed by atoms with Crippen LogP contribution in [-0.2, 0) is 9.47 Å². The summed E-state index contributed by atoms with van der Waals surface area (Å²) in [7, 11) is 0. The van der Waals surface area contributed by atoms with Crippen molar-refractivity contribution in [3.05, 3.63) is 393 Å². The van der Waals surface area contributed by atoms with E-state index in [2.05, 4.69) is 322 Å². The van der Waals surface area contributed by atoms with Gasteiger partial charge >= 0.3 is 0 Å². The number of nitrogens with zero attached hydrogens (tertiary/aromatic N) is 2. The first-order chi connectivity index (χ1) is 43.4. The van der Waals surface area contributed by atoms with Gasteiger partial charge in [-0.05, 0) is 161 Å². The summed E-state index contributed by atoms with van der Waals surface area (Å²) in [5.41, 5.74) is 16.6. The molecule has 4 heteroatoms. The first-order valence-corrected chi connectivity index (χ1v) is 30.7. The fourth-order valence-corrected chi connectivity index (χ4v) is 11.8. The fourth-order valence-electron chi connectivity index (χ4n) is 11.8. The molecule has 4 atom stereocenters. The summed E-state index contributed by atoms with van der Waals surface area (Å²) in [5.74, 6) is 3.71. The number of hydrogen-bond donors (Lipinski definition) is 0. The molecule has 5 aromatic carbocycles. The minimum Gasteiger partial charge on any atom is -0.469 e. The largest absolute Gasteiger partial charge is 0.469 e. The summed E-state index contributed by atoms with van der Waals surface area (Å²) in [6.07, 6.45) is 71.5. The summed E-state index contributed by atoms with van der Waals surface area (Å²) in [4.78, 5) is 4.64. The molecule has 0 amide bonds. The number of anilines is 3. The van der Waals surface area contributed by atoms with Crippen LogP contribution in [0.4, 0.5) is 17.1 Å². The predicted octanol–water partition coefficient (Wildman–Crippen LogP) is 22.1. The zero-order chi connectivity index (χ0) is 60.3. The van der Waals surface area contributed by atoms with Crippen molar-refractivity contribution in [3.63, 3.8) is 0 Å². The number of benzene rings is 5. The molecule has 5 aromatic rings. The van der Waals surface area contributed by atoms with Gasteiger partial charge in [-0.3, -0.25) is 0 Å². The summed E-state index contributed by atoms with van der Waals surface area (Å²) in [5, 5.41) is 0. The van der Waals surface area contributed by atoms with Gasteiger partial charge < -0.3 is 19.3 Å². The lowest BCUT2D eigenvalue weighted by Crippen LogP contribution is -2.30. The third kappa shape index (κ3) is 14.8. The Hall–Kier alpha value is -10.4. The van der Waals surface area contributed by atoms with Gasteiger partial charge in [-0.1, -0.05) is 257 Å². The van der Waals surface area contributed by atoms with Gasteiger partial charge in [-0.15, -0.1) is 0 Å².